The Morgan fingerprint density at radius 3 is 3.00 bits per heavy atom. The summed E-state index contributed by atoms with van der Waals surface area (Å²) in [5, 5.41) is 4.83. The molecule has 0 bridgehead atoms. The molecular formula is C10H15NOS3. The molecule has 0 aliphatic heterocycles. The van der Waals surface area contributed by atoms with Crippen LogP contribution in [0.1, 0.15) is 23.0 Å². The van der Waals surface area contributed by atoms with Crippen molar-refractivity contribution in [3.8, 4) is 0 Å². The second-order valence-electron chi connectivity index (χ2n) is 3.33. The van der Waals surface area contributed by atoms with Gasteiger partial charge in [-0.25, -0.2) is 0 Å². The molecule has 1 aromatic rings. The van der Waals surface area contributed by atoms with E-state index in [1.165, 1.54) is 11.3 Å². The quantitative estimate of drug-likeness (QED) is 0.798. The Labute approximate surface area is 104 Å². The lowest BCUT2D eigenvalue weighted by Gasteiger charge is -2.11. The lowest BCUT2D eigenvalue weighted by atomic mass is 10.2. The standard InChI is InChI=1S/C10H15NOS3/c1-7(3-4-14-2)11-10(12)9-5-8(13)6-15-9/h5-7,13H,3-4H2,1-2H3,(H,11,12). The molecule has 0 saturated carbocycles. The largest absolute Gasteiger partial charge is 0.349 e. The van der Waals surface area contributed by atoms with Crippen LogP contribution in [-0.2, 0) is 0 Å². The maximum atomic E-state index is 11.7. The summed E-state index contributed by atoms with van der Waals surface area (Å²) in [5.74, 6) is 1.08. The molecule has 1 aromatic heterocycles. The molecule has 1 heterocycles. The molecule has 0 saturated heterocycles. The van der Waals surface area contributed by atoms with Gasteiger partial charge in [0, 0.05) is 16.3 Å². The highest BCUT2D eigenvalue weighted by Crippen LogP contribution is 2.17. The van der Waals surface area contributed by atoms with Crippen molar-refractivity contribution < 1.29 is 4.79 Å². The van der Waals surface area contributed by atoms with Crippen molar-refractivity contribution in [2.45, 2.75) is 24.3 Å². The fraction of sp³-hybridized carbons (Fsp3) is 0.500. The highest BCUT2D eigenvalue weighted by Gasteiger charge is 2.10. The number of carbonyl (C=O) groups excluding carboxylic acids is 1. The zero-order chi connectivity index (χ0) is 11.3. The lowest BCUT2D eigenvalue weighted by molar-refractivity contribution is 0.0943. The van der Waals surface area contributed by atoms with Gasteiger partial charge in [0.2, 0.25) is 0 Å². The van der Waals surface area contributed by atoms with Crippen LogP contribution < -0.4 is 5.32 Å². The number of amides is 1. The van der Waals surface area contributed by atoms with Crippen molar-refractivity contribution in [3.63, 3.8) is 0 Å². The van der Waals surface area contributed by atoms with Crippen LogP contribution in [0.15, 0.2) is 16.3 Å². The van der Waals surface area contributed by atoms with Crippen molar-refractivity contribution in [1.29, 1.82) is 0 Å². The first-order valence-corrected chi connectivity index (χ1v) is 7.43. The van der Waals surface area contributed by atoms with Gasteiger partial charge < -0.3 is 5.32 Å². The first kappa shape index (κ1) is 12.9. The SMILES string of the molecule is CSCCC(C)NC(=O)c1cc(S)cs1. The summed E-state index contributed by atoms with van der Waals surface area (Å²) in [4.78, 5) is 13.3. The molecule has 0 radical (unpaired) electrons. The van der Waals surface area contributed by atoms with Gasteiger partial charge in [-0.3, -0.25) is 4.79 Å². The van der Waals surface area contributed by atoms with Gasteiger partial charge >= 0.3 is 0 Å². The smallest absolute Gasteiger partial charge is 0.261 e. The van der Waals surface area contributed by atoms with Gasteiger partial charge in [-0.2, -0.15) is 11.8 Å². The van der Waals surface area contributed by atoms with Gasteiger partial charge in [-0.15, -0.1) is 24.0 Å². The molecule has 0 aliphatic carbocycles. The van der Waals surface area contributed by atoms with E-state index in [1.807, 2.05) is 12.3 Å². The predicted octanol–water partition coefficient (Wildman–Crippen LogP) is 2.91. The third kappa shape index (κ3) is 4.49. The van der Waals surface area contributed by atoms with E-state index >= 15 is 0 Å². The van der Waals surface area contributed by atoms with Crippen LogP contribution >= 0.6 is 35.7 Å². The van der Waals surface area contributed by atoms with E-state index in [2.05, 4.69) is 24.2 Å². The molecule has 1 atom stereocenters. The van der Waals surface area contributed by atoms with E-state index in [-0.39, 0.29) is 11.9 Å². The van der Waals surface area contributed by atoms with Crippen molar-refractivity contribution in [1.82, 2.24) is 5.32 Å². The van der Waals surface area contributed by atoms with E-state index in [0.717, 1.165) is 21.9 Å². The normalized spacial score (nSPS) is 12.5. The van der Waals surface area contributed by atoms with Crippen LogP contribution in [0.25, 0.3) is 0 Å². The molecular weight excluding hydrogens is 246 g/mol. The molecule has 84 valence electrons. The van der Waals surface area contributed by atoms with Gasteiger partial charge in [0.05, 0.1) is 4.88 Å². The Morgan fingerprint density at radius 2 is 2.47 bits per heavy atom. The first-order chi connectivity index (χ1) is 7.13. The van der Waals surface area contributed by atoms with Gasteiger partial charge in [-0.1, -0.05) is 0 Å². The summed E-state index contributed by atoms with van der Waals surface area (Å²) >= 11 is 7.40. The fourth-order valence-electron chi connectivity index (χ4n) is 1.11. The summed E-state index contributed by atoms with van der Waals surface area (Å²) in [6.07, 6.45) is 3.08. The van der Waals surface area contributed by atoms with Crippen LogP contribution in [0.2, 0.25) is 0 Å². The van der Waals surface area contributed by atoms with Crippen molar-refractivity contribution in [3.05, 3.63) is 16.3 Å². The number of carbonyl (C=O) groups is 1. The average Bonchev–Trinajstić information content (AvgIpc) is 2.61. The Hall–Kier alpha value is -0.130. The number of thioether (sulfide) groups is 1. The lowest BCUT2D eigenvalue weighted by Crippen LogP contribution is -2.32. The number of thiol groups is 1. The second kappa shape index (κ2) is 6.45. The molecule has 15 heavy (non-hydrogen) atoms. The van der Waals surface area contributed by atoms with Gasteiger partial charge in [0.15, 0.2) is 0 Å². The summed E-state index contributed by atoms with van der Waals surface area (Å²) in [6, 6.07) is 2.03. The second-order valence-corrected chi connectivity index (χ2v) is 5.74. The maximum Gasteiger partial charge on any atom is 0.261 e. The van der Waals surface area contributed by atoms with Crippen LogP contribution in [-0.4, -0.2) is 24.0 Å². The molecule has 1 unspecified atom stereocenters. The number of hydrogen-bond donors (Lipinski definition) is 2. The molecule has 0 spiro atoms. The van der Waals surface area contributed by atoms with Gasteiger partial charge in [0.1, 0.15) is 0 Å². The Bertz CT molecular complexity index is 324. The minimum absolute atomic E-state index is 0.00824. The Kier molecular flexibility index (Phi) is 5.56. The number of thiophene rings is 1. The van der Waals surface area contributed by atoms with E-state index < -0.39 is 0 Å². The molecule has 1 amide bonds. The number of nitrogens with one attached hydrogen (secondary N) is 1. The summed E-state index contributed by atoms with van der Waals surface area (Å²) in [7, 11) is 0. The van der Waals surface area contributed by atoms with Gasteiger partial charge in [0.25, 0.3) is 5.91 Å². The molecule has 0 aliphatic rings. The minimum Gasteiger partial charge on any atom is -0.349 e. The fourth-order valence-corrected chi connectivity index (χ4v) is 2.75. The summed E-state index contributed by atoms with van der Waals surface area (Å²) in [5.41, 5.74) is 0. The Balaban J connectivity index is 2.42. The van der Waals surface area contributed by atoms with E-state index in [0.29, 0.717) is 0 Å². The van der Waals surface area contributed by atoms with Crippen molar-refractivity contribution in [2.24, 2.45) is 0 Å². The molecule has 5 heteroatoms. The van der Waals surface area contributed by atoms with Gasteiger partial charge in [-0.05, 0) is 31.4 Å². The summed E-state index contributed by atoms with van der Waals surface area (Å²) in [6.45, 7) is 2.03. The maximum absolute atomic E-state index is 11.7. The highest BCUT2D eigenvalue weighted by atomic mass is 32.2. The molecule has 0 fully saturated rings. The third-order valence-electron chi connectivity index (χ3n) is 1.94. The zero-order valence-corrected chi connectivity index (χ0v) is 11.3. The van der Waals surface area contributed by atoms with E-state index in [4.69, 9.17) is 0 Å². The minimum atomic E-state index is 0.00824. The number of rotatable bonds is 5. The Morgan fingerprint density at radius 1 is 1.73 bits per heavy atom. The first-order valence-electron chi connectivity index (χ1n) is 4.70. The molecule has 2 nitrogen and oxygen atoms in total. The van der Waals surface area contributed by atoms with Crippen molar-refractivity contribution >= 4 is 41.6 Å². The number of hydrogen-bond acceptors (Lipinski definition) is 4. The molecule has 1 N–H and O–H groups in total. The van der Waals surface area contributed by atoms with E-state index in [1.54, 1.807) is 17.8 Å². The molecule has 1 rings (SSSR count). The summed E-state index contributed by atoms with van der Waals surface area (Å²) < 4.78 is 0. The van der Waals surface area contributed by atoms with Crippen LogP contribution in [0.3, 0.4) is 0 Å². The van der Waals surface area contributed by atoms with Crippen LogP contribution in [0, 0.1) is 0 Å². The molecule has 0 aromatic carbocycles. The topological polar surface area (TPSA) is 29.1 Å². The highest BCUT2D eigenvalue weighted by molar-refractivity contribution is 7.98. The monoisotopic (exact) mass is 261 g/mol. The zero-order valence-electron chi connectivity index (χ0n) is 8.82. The van der Waals surface area contributed by atoms with Crippen LogP contribution in [0.5, 0.6) is 0 Å². The van der Waals surface area contributed by atoms with E-state index in [9.17, 15) is 4.79 Å². The van der Waals surface area contributed by atoms with Crippen molar-refractivity contribution in [2.75, 3.05) is 12.0 Å². The third-order valence-corrected chi connectivity index (χ3v) is 3.95. The predicted molar refractivity (Wildman–Crippen MR) is 71.5 cm³/mol. The average molecular weight is 261 g/mol. The van der Waals surface area contributed by atoms with Crippen LogP contribution in [0.4, 0.5) is 0 Å².